The molecule has 0 aliphatic carbocycles. The van der Waals surface area contributed by atoms with Gasteiger partial charge in [-0.15, -0.1) is 0 Å². The number of nitrogens with one attached hydrogen (secondary N) is 1. The maximum absolute atomic E-state index is 13.5. The van der Waals surface area contributed by atoms with Gasteiger partial charge in [-0.1, -0.05) is 24.3 Å². The third-order valence-electron chi connectivity index (χ3n) is 4.72. The van der Waals surface area contributed by atoms with Crippen molar-refractivity contribution >= 4 is 17.3 Å². The second kappa shape index (κ2) is 8.16. The third kappa shape index (κ3) is 3.91. The first kappa shape index (κ1) is 19.3. The highest BCUT2D eigenvalue weighted by molar-refractivity contribution is 6.08. The Bertz CT molecular complexity index is 1210. The van der Waals surface area contributed by atoms with Crippen LogP contribution in [0.25, 0.3) is 5.65 Å². The number of nitrogens with zero attached hydrogens (tertiary/aromatic N) is 2. The molecule has 150 valence electrons. The van der Waals surface area contributed by atoms with Gasteiger partial charge in [0.2, 0.25) is 5.78 Å². The van der Waals surface area contributed by atoms with E-state index >= 15 is 0 Å². The van der Waals surface area contributed by atoms with Crippen LogP contribution in [0.5, 0.6) is 5.75 Å². The summed E-state index contributed by atoms with van der Waals surface area (Å²) in [4.78, 5) is 29.3. The smallest absolute Gasteiger partial charge is 0.251 e. The van der Waals surface area contributed by atoms with Crippen LogP contribution >= 0.6 is 0 Å². The first-order chi connectivity index (χ1) is 14.5. The van der Waals surface area contributed by atoms with Crippen LogP contribution in [-0.2, 0) is 6.54 Å². The largest absolute Gasteiger partial charge is 0.497 e. The van der Waals surface area contributed by atoms with Crippen LogP contribution in [0.3, 0.4) is 0 Å². The van der Waals surface area contributed by atoms with Gasteiger partial charge in [-0.25, -0.2) is 9.37 Å². The van der Waals surface area contributed by atoms with Gasteiger partial charge in [0.05, 0.1) is 13.3 Å². The van der Waals surface area contributed by atoms with E-state index in [1.807, 2.05) is 24.3 Å². The van der Waals surface area contributed by atoms with E-state index in [1.165, 1.54) is 28.9 Å². The predicted octanol–water partition coefficient (Wildman–Crippen LogP) is 3.64. The van der Waals surface area contributed by atoms with Crippen molar-refractivity contribution in [3.8, 4) is 5.75 Å². The number of fused-ring (bicyclic) bond motifs is 1. The van der Waals surface area contributed by atoms with Crippen molar-refractivity contribution in [3.63, 3.8) is 0 Å². The minimum atomic E-state index is -0.460. The number of imidazole rings is 1. The number of aromatic nitrogens is 2. The average molecular weight is 403 g/mol. The average Bonchev–Trinajstić information content (AvgIpc) is 3.20. The monoisotopic (exact) mass is 403 g/mol. The van der Waals surface area contributed by atoms with E-state index in [9.17, 15) is 14.0 Å². The third-order valence-corrected chi connectivity index (χ3v) is 4.72. The van der Waals surface area contributed by atoms with Gasteiger partial charge in [0.15, 0.2) is 0 Å². The summed E-state index contributed by atoms with van der Waals surface area (Å²) in [5, 5.41) is 2.84. The predicted molar refractivity (Wildman–Crippen MR) is 109 cm³/mol. The van der Waals surface area contributed by atoms with Gasteiger partial charge in [-0.05, 0) is 42.0 Å². The van der Waals surface area contributed by atoms with Gasteiger partial charge < -0.3 is 10.1 Å². The number of benzene rings is 2. The molecule has 0 fully saturated rings. The number of halogens is 1. The molecule has 2 heterocycles. The van der Waals surface area contributed by atoms with Crippen LogP contribution in [0.4, 0.5) is 4.39 Å². The van der Waals surface area contributed by atoms with Crippen LogP contribution in [0, 0.1) is 5.82 Å². The molecule has 0 unspecified atom stereocenters. The van der Waals surface area contributed by atoms with E-state index in [2.05, 4.69) is 10.3 Å². The summed E-state index contributed by atoms with van der Waals surface area (Å²) in [5.74, 6) is -0.266. The fourth-order valence-corrected chi connectivity index (χ4v) is 3.07. The minimum absolute atomic E-state index is 0.248. The maximum atomic E-state index is 13.5. The molecule has 30 heavy (non-hydrogen) atoms. The molecule has 2 aromatic heterocycles. The van der Waals surface area contributed by atoms with Crippen molar-refractivity contribution in [1.29, 1.82) is 0 Å². The SMILES string of the molecule is COc1ccc(CNC(=O)c2ccc(C(=O)c3cnc4ccc(F)cn34)cc2)cc1. The van der Waals surface area contributed by atoms with Crippen LogP contribution in [0.15, 0.2) is 73.1 Å². The van der Waals surface area contributed by atoms with Crippen molar-refractivity contribution in [2.45, 2.75) is 6.54 Å². The molecule has 0 aliphatic rings. The molecule has 4 rings (SSSR count). The van der Waals surface area contributed by atoms with Crippen molar-refractivity contribution in [3.05, 3.63) is 101 Å². The van der Waals surface area contributed by atoms with Crippen LogP contribution in [-0.4, -0.2) is 28.2 Å². The molecule has 6 nitrogen and oxygen atoms in total. The number of rotatable bonds is 6. The molecule has 4 aromatic rings. The highest BCUT2D eigenvalue weighted by Gasteiger charge is 2.15. The quantitative estimate of drug-likeness (QED) is 0.499. The first-order valence-electron chi connectivity index (χ1n) is 9.23. The lowest BCUT2D eigenvalue weighted by Crippen LogP contribution is -2.22. The summed E-state index contributed by atoms with van der Waals surface area (Å²) in [7, 11) is 1.60. The number of hydrogen-bond donors (Lipinski definition) is 1. The number of carbonyl (C=O) groups excluding carboxylic acids is 2. The summed E-state index contributed by atoms with van der Waals surface area (Å²) >= 11 is 0. The van der Waals surface area contributed by atoms with Crippen LogP contribution < -0.4 is 10.1 Å². The topological polar surface area (TPSA) is 72.7 Å². The number of pyridine rings is 1. The summed E-state index contributed by atoms with van der Waals surface area (Å²) < 4.78 is 20.0. The number of methoxy groups -OCH3 is 1. The van der Waals surface area contributed by atoms with Crippen LogP contribution in [0.2, 0.25) is 0 Å². The van der Waals surface area contributed by atoms with Gasteiger partial charge in [-0.3, -0.25) is 14.0 Å². The molecule has 1 amide bonds. The Hall–Kier alpha value is -4.00. The van der Waals surface area contributed by atoms with Gasteiger partial charge >= 0.3 is 0 Å². The van der Waals surface area contributed by atoms with Gasteiger partial charge in [0, 0.05) is 23.9 Å². The summed E-state index contributed by atoms with van der Waals surface area (Å²) in [6.45, 7) is 0.372. The first-order valence-corrected chi connectivity index (χ1v) is 9.23. The van der Waals surface area contributed by atoms with E-state index in [0.717, 1.165) is 11.3 Å². The van der Waals surface area contributed by atoms with Gasteiger partial charge in [0.1, 0.15) is 22.9 Å². The van der Waals surface area contributed by atoms with Crippen molar-refractivity contribution in [2.24, 2.45) is 0 Å². The molecule has 2 aromatic carbocycles. The molecular weight excluding hydrogens is 385 g/mol. The van der Waals surface area contributed by atoms with Crippen molar-refractivity contribution in [2.75, 3.05) is 7.11 Å². The molecule has 1 N–H and O–H groups in total. The Balaban J connectivity index is 1.45. The van der Waals surface area contributed by atoms with E-state index < -0.39 is 5.82 Å². The maximum Gasteiger partial charge on any atom is 0.251 e. The van der Waals surface area contributed by atoms with Crippen LogP contribution in [0.1, 0.15) is 32.0 Å². The fourth-order valence-electron chi connectivity index (χ4n) is 3.07. The van der Waals surface area contributed by atoms with Gasteiger partial charge in [0.25, 0.3) is 5.91 Å². The zero-order valence-electron chi connectivity index (χ0n) is 16.1. The normalized spacial score (nSPS) is 10.7. The highest BCUT2D eigenvalue weighted by atomic mass is 19.1. The Kier molecular flexibility index (Phi) is 5.26. The standard InChI is InChI=1S/C23H18FN3O3/c1-30-19-9-2-15(3-10-19)12-26-23(29)17-6-4-16(5-7-17)22(28)20-13-25-21-11-8-18(24)14-27(20)21/h2-11,13-14H,12H2,1H3,(H,26,29). The Morgan fingerprint density at radius 3 is 2.40 bits per heavy atom. The Morgan fingerprint density at radius 2 is 1.70 bits per heavy atom. The summed E-state index contributed by atoms with van der Waals surface area (Å²) in [5.41, 5.74) is 2.49. The zero-order chi connectivity index (χ0) is 21.1. The van der Waals surface area contributed by atoms with E-state index in [4.69, 9.17) is 4.74 Å². The molecule has 0 saturated heterocycles. The number of ether oxygens (including phenoxy) is 1. The van der Waals surface area contributed by atoms with Gasteiger partial charge in [-0.2, -0.15) is 0 Å². The highest BCUT2D eigenvalue weighted by Crippen LogP contribution is 2.15. The van der Waals surface area contributed by atoms with Crippen molar-refractivity contribution < 1.29 is 18.7 Å². The number of hydrogen-bond acceptors (Lipinski definition) is 4. The van der Waals surface area contributed by atoms with Crippen molar-refractivity contribution in [1.82, 2.24) is 14.7 Å². The lowest BCUT2D eigenvalue weighted by Gasteiger charge is -2.07. The van der Waals surface area contributed by atoms with E-state index in [0.29, 0.717) is 23.3 Å². The fraction of sp³-hybridized carbons (Fsp3) is 0.0870. The molecular formula is C23H18FN3O3. The lowest BCUT2D eigenvalue weighted by molar-refractivity contribution is 0.0949. The van der Waals surface area contributed by atoms with E-state index in [1.54, 1.807) is 31.4 Å². The van der Waals surface area contributed by atoms with E-state index in [-0.39, 0.29) is 17.4 Å². The zero-order valence-corrected chi connectivity index (χ0v) is 16.1. The summed E-state index contributed by atoms with van der Waals surface area (Å²) in [6.07, 6.45) is 2.63. The molecule has 0 aliphatic heterocycles. The Morgan fingerprint density at radius 1 is 1.00 bits per heavy atom. The second-order valence-corrected chi connectivity index (χ2v) is 6.66. The molecule has 0 saturated carbocycles. The molecule has 0 bridgehead atoms. The Labute approximate surface area is 171 Å². The number of carbonyl (C=O) groups is 2. The number of amides is 1. The molecule has 7 heteroatoms. The lowest BCUT2D eigenvalue weighted by atomic mass is 10.1. The molecule has 0 atom stereocenters. The minimum Gasteiger partial charge on any atom is -0.497 e. The summed E-state index contributed by atoms with van der Waals surface area (Å²) in [6, 6.07) is 16.5. The molecule has 0 spiro atoms. The number of ketones is 1. The molecule has 0 radical (unpaired) electrons. The second-order valence-electron chi connectivity index (χ2n) is 6.66.